The van der Waals surface area contributed by atoms with Crippen molar-refractivity contribution in [3.8, 4) is 0 Å². The van der Waals surface area contributed by atoms with Crippen LogP contribution in [0.3, 0.4) is 0 Å². The first-order valence-corrected chi connectivity index (χ1v) is 3.42. The lowest BCUT2D eigenvalue weighted by molar-refractivity contribution is 0.256. The molecule has 9 heavy (non-hydrogen) atoms. The molecule has 1 fully saturated rings. The lowest BCUT2D eigenvalue weighted by atomic mass is 10.1. The fourth-order valence-corrected chi connectivity index (χ4v) is 1.66. The Balaban J connectivity index is 2.45. The van der Waals surface area contributed by atoms with E-state index in [2.05, 4.69) is 19.2 Å². The van der Waals surface area contributed by atoms with Crippen molar-refractivity contribution in [1.82, 2.24) is 5.32 Å². The van der Waals surface area contributed by atoms with Crippen LogP contribution in [0.4, 0.5) is 0 Å². The number of nitrogens with one attached hydrogen (secondary N) is 1. The number of aliphatic hydroxyl groups excluding tert-OH is 1. The Morgan fingerprint density at radius 3 is 2.22 bits per heavy atom. The van der Waals surface area contributed by atoms with Crippen LogP contribution in [0.5, 0.6) is 0 Å². The minimum absolute atomic E-state index is 0.318. The monoisotopic (exact) mass is 129 g/mol. The summed E-state index contributed by atoms with van der Waals surface area (Å²) in [6, 6.07) is 0.530. The van der Waals surface area contributed by atoms with Crippen molar-refractivity contribution in [2.45, 2.75) is 19.9 Å². The van der Waals surface area contributed by atoms with Gasteiger partial charge in [0, 0.05) is 18.6 Å². The number of rotatable bonds is 2. The Hall–Kier alpha value is -0.0800. The van der Waals surface area contributed by atoms with Gasteiger partial charge in [-0.2, -0.15) is 0 Å². The average Bonchev–Trinajstić information content (AvgIpc) is 2.32. The molecular formula is C7H15NO. The fraction of sp³-hybridized carbons (Fsp3) is 1.00. The largest absolute Gasteiger partial charge is 0.396 e. The SMILES string of the molecule is CNC1C(CO)C1(C)C. The standard InChI is InChI=1S/C7H15NO/c1-7(2)5(4-9)6(7)8-3/h5-6,8-9H,4H2,1-3H3. The van der Waals surface area contributed by atoms with E-state index in [4.69, 9.17) is 5.11 Å². The summed E-state index contributed by atoms with van der Waals surface area (Å²) >= 11 is 0. The smallest absolute Gasteiger partial charge is 0.0480 e. The molecule has 2 heteroatoms. The van der Waals surface area contributed by atoms with Gasteiger partial charge in [-0.3, -0.25) is 0 Å². The van der Waals surface area contributed by atoms with Gasteiger partial charge in [-0.25, -0.2) is 0 Å². The maximum absolute atomic E-state index is 8.80. The molecule has 2 unspecified atom stereocenters. The van der Waals surface area contributed by atoms with Crippen molar-refractivity contribution in [2.75, 3.05) is 13.7 Å². The van der Waals surface area contributed by atoms with Crippen LogP contribution in [0, 0.1) is 11.3 Å². The second-order valence-corrected chi connectivity index (χ2v) is 3.38. The van der Waals surface area contributed by atoms with Crippen LogP contribution in [0.25, 0.3) is 0 Å². The van der Waals surface area contributed by atoms with Gasteiger partial charge in [-0.1, -0.05) is 13.8 Å². The van der Waals surface area contributed by atoms with Gasteiger partial charge >= 0.3 is 0 Å². The molecule has 2 N–H and O–H groups in total. The summed E-state index contributed by atoms with van der Waals surface area (Å²) in [7, 11) is 1.95. The highest BCUT2D eigenvalue weighted by Crippen LogP contribution is 2.50. The van der Waals surface area contributed by atoms with Crippen LogP contribution in [-0.2, 0) is 0 Å². The molecule has 1 aliphatic rings. The lowest BCUT2D eigenvalue weighted by Gasteiger charge is -1.98. The zero-order chi connectivity index (χ0) is 7.07. The summed E-state index contributed by atoms with van der Waals surface area (Å²) in [6.45, 7) is 4.67. The maximum atomic E-state index is 8.80. The van der Waals surface area contributed by atoms with Crippen molar-refractivity contribution >= 4 is 0 Å². The zero-order valence-electron chi connectivity index (χ0n) is 6.31. The van der Waals surface area contributed by atoms with Crippen LogP contribution in [-0.4, -0.2) is 24.8 Å². The van der Waals surface area contributed by atoms with Crippen molar-refractivity contribution < 1.29 is 5.11 Å². The van der Waals surface area contributed by atoms with Gasteiger partial charge in [-0.05, 0) is 12.5 Å². The van der Waals surface area contributed by atoms with Crippen molar-refractivity contribution in [2.24, 2.45) is 11.3 Å². The van der Waals surface area contributed by atoms with Crippen LogP contribution < -0.4 is 5.32 Å². The molecule has 0 saturated heterocycles. The molecule has 0 amide bonds. The summed E-state index contributed by atoms with van der Waals surface area (Å²) < 4.78 is 0. The third-order valence-corrected chi connectivity index (χ3v) is 2.56. The predicted molar refractivity (Wildman–Crippen MR) is 37.2 cm³/mol. The fourth-order valence-electron chi connectivity index (χ4n) is 1.66. The summed E-state index contributed by atoms with van der Waals surface area (Å²) in [4.78, 5) is 0. The van der Waals surface area contributed by atoms with Gasteiger partial charge in [-0.15, -0.1) is 0 Å². The minimum Gasteiger partial charge on any atom is -0.396 e. The molecule has 54 valence electrons. The Morgan fingerprint density at radius 1 is 1.56 bits per heavy atom. The molecule has 1 saturated carbocycles. The van der Waals surface area contributed by atoms with E-state index in [1.165, 1.54) is 0 Å². The van der Waals surface area contributed by atoms with Gasteiger partial charge in [0.05, 0.1) is 0 Å². The molecule has 0 aromatic heterocycles. The molecule has 2 nitrogen and oxygen atoms in total. The molecule has 2 atom stereocenters. The molecule has 1 rings (SSSR count). The zero-order valence-corrected chi connectivity index (χ0v) is 6.31. The van der Waals surface area contributed by atoms with Crippen LogP contribution in [0.2, 0.25) is 0 Å². The Bertz CT molecular complexity index is 99.5. The topological polar surface area (TPSA) is 32.3 Å². The third-order valence-electron chi connectivity index (χ3n) is 2.56. The van der Waals surface area contributed by atoms with Gasteiger partial charge < -0.3 is 10.4 Å². The average molecular weight is 129 g/mol. The highest BCUT2D eigenvalue weighted by Gasteiger charge is 2.56. The highest BCUT2D eigenvalue weighted by atomic mass is 16.3. The quantitative estimate of drug-likeness (QED) is 0.559. The molecular weight excluding hydrogens is 114 g/mol. The number of aliphatic hydroxyl groups is 1. The van der Waals surface area contributed by atoms with Crippen molar-refractivity contribution in [1.29, 1.82) is 0 Å². The van der Waals surface area contributed by atoms with Gasteiger partial charge in [0.1, 0.15) is 0 Å². The third kappa shape index (κ3) is 0.864. The molecule has 0 aromatic carbocycles. The second-order valence-electron chi connectivity index (χ2n) is 3.38. The van der Waals surface area contributed by atoms with E-state index in [-0.39, 0.29) is 0 Å². The van der Waals surface area contributed by atoms with E-state index in [0.717, 1.165) is 0 Å². The summed E-state index contributed by atoms with van der Waals surface area (Å²) in [5.74, 6) is 0.475. The summed E-state index contributed by atoms with van der Waals surface area (Å²) in [6.07, 6.45) is 0. The van der Waals surface area contributed by atoms with Crippen molar-refractivity contribution in [3.05, 3.63) is 0 Å². The van der Waals surface area contributed by atoms with E-state index in [1.807, 2.05) is 7.05 Å². The Morgan fingerprint density at radius 2 is 2.11 bits per heavy atom. The maximum Gasteiger partial charge on any atom is 0.0480 e. The molecule has 0 heterocycles. The first-order valence-electron chi connectivity index (χ1n) is 3.42. The van der Waals surface area contributed by atoms with Crippen LogP contribution >= 0.6 is 0 Å². The highest BCUT2D eigenvalue weighted by molar-refractivity contribution is 5.09. The van der Waals surface area contributed by atoms with Gasteiger partial charge in [0.15, 0.2) is 0 Å². The van der Waals surface area contributed by atoms with Gasteiger partial charge in [0.25, 0.3) is 0 Å². The Kier molecular flexibility index (Phi) is 1.53. The second kappa shape index (κ2) is 1.96. The van der Waals surface area contributed by atoms with E-state index in [0.29, 0.717) is 24.0 Å². The van der Waals surface area contributed by atoms with Gasteiger partial charge in [0.2, 0.25) is 0 Å². The first kappa shape index (κ1) is 7.03. The number of hydrogen-bond donors (Lipinski definition) is 2. The normalized spacial score (nSPS) is 38.7. The molecule has 0 radical (unpaired) electrons. The van der Waals surface area contributed by atoms with Crippen LogP contribution in [0.15, 0.2) is 0 Å². The van der Waals surface area contributed by atoms with E-state index in [1.54, 1.807) is 0 Å². The molecule has 0 bridgehead atoms. The van der Waals surface area contributed by atoms with E-state index in [9.17, 15) is 0 Å². The van der Waals surface area contributed by atoms with E-state index < -0.39 is 0 Å². The predicted octanol–water partition coefficient (Wildman–Crippen LogP) is 0.223. The molecule has 1 aliphatic carbocycles. The summed E-state index contributed by atoms with van der Waals surface area (Å²) in [5, 5.41) is 12.0. The number of hydrogen-bond acceptors (Lipinski definition) is 2. The lowest BCUT2D eigenvalue weighted by Crippen LogP contribution is -2.15. The molecule has 0 aliphatic heterocycles. The van der Waals surface area contributed by atoms with E-state index >= 15 is 0 Å². The first-order chi connectivity index (χ1) is 4.14. The van der Waals surface area contributed by atoms with Crippen LogP contribution in [0.1, 0.15) is 13.8 Å². The summed E-state index contributed by atoms with van der Waals surface area (Å²) in [5.41, 5.74) is 0.323. The molecule has 0 spiro atoms. The molecule has 0 aromatic rings. The van der Waals surface area contributed by atoms with Crippen molar-refractivity contribution in [3.63, 3.8) is 0 Å². The Labute approximate surface area is 56.3 Å². The minimum atomic E-state index is 0.318.